The van der Waals surface area contributed by atoms with Crippen molar-refractivity contribution >= 4 is 5.91 Å². The minimum absolute atomic E-state index is 0.0289. The van der Waals surface area contributed by atoms with Crippen molar-refractivity contribution in [1.82, 2.24) is 5.32 Å². The van der Waals surface area contributed by atoms with E-state index in [1.54, 1.807) is 0 Å². The molecule has 1 saturated carbocycles. The SMILES string of the molecule is O=C1NCC2(F)CCC1C2. The minimum Gasteiger partial charge on any atom is -0.353 e. The molecular weight excluding hydrogens is 133 g/mol. The molecule has 2 bridgehead atoms. The summed E-state index contributed by atoms with van der Waals surface area (Å²) in [5.74, 6) is 0.0181. The predicted molar refractivity (Wildman–Crippen MR) is 34.2 cm³/mol. The van der Waals surface area contributed by atoms with Gasteiger partial charge in [0.05, 0.1) is 6.54 Å². The molecule has 1 saturated heterocycles. The van der Waals surface area contributed by atoms with Crippen molar-refractivity contribution in [3.8, 4) is 0 Å². The third kappa shape index (κ3) is 0.728. The van der Waals surface area contributed by atoms with E-state index in [9.17, 15) is 9.18 Å². The lowest BCUT2D eigenvalue weighted by Gasteiger charge is -2.24. The number of fused-ring (bicyclic) bond motifs is 2. The van der Waals surface area contributed by atoms with Crippen LogP contribution in [0.2, 0.25) is 0 Å². The summed E-state index contributed by atoms with van der Waals surface area (Å²) < 4.78 is 13.3. The minimum atomic E-state index is -1.06. The van der Waals surface area contributed by atoms with Crippen LogP contribution >= 0.6 is 0 Å². The van der Waals surface area contributed by atoms with Crippen LogP contribution in [0.1, 0.15) is 19.3 Å². The number of nitrogens with one attached hydrogen (secondary N) is 1. The first-order valence-corrected chi connectivity index (χ1v) is 3.66. The first-order valence-electron chi connectivity index (χ1n) is 3.66. The summed E-state index contributed by atoms with van der Waals surface area (Å²) in [7, 11) is 0. The molecular formula is C7H10FNO. The highest BCUT2D eigenvalue weighted by atomic mass is 19.1. The number of hydrogen-bond acceptors (Lipinski definition) is 1. The molecule has 2 fully saturated rings. The molecule has 2 atom stereocenters. The van der Waals surface area contributed by atoms with Crippen LogP contribution in [0, 0.1) is 5.92 Å². The van der Waals surface area contributed by atoms with Gasteiger partial charge in [0.25, 0.3) is 0 Å². The van der Waals surface area contributed by atoms with E-state index in [2.05, 4.69) is 5.32 Å². The largest absolute Gasteiger partial charge is 0.353 e. The highest BCUT2D eigenvalue weighted by Crippen LogP contribution is 2.39. The standard InChI is InChI=1S/C7H10FNO/c8-7-2-1-5(3-7)6(10)9-4-7/h5H,1-4H2,(H,9,10). The summed E-state index contributed by atoms with van der Waals surface area (Å²) in [6.45, 7) is 0.238. The number of carbonyl (C=O) groups excluding carboxylic acids is 1. The van der Waals surface area contributed by atoms with Gasteiger partial charge < -0.3 is 5.32 Å². The molecule has 1 aliphatic carbocycles. The molecule has 0 aromatic heterocycles. The van der Waals surface area contributed by atoms with E-state index in [-0.39, 0.29) is 18.4 Å². The van der Waals surface area contributed by atoms with Gasteiger partial charge in [0.1, 0.15) is 5.67 Å². The molecule has 1 N–H and O–H groups in total. The summed E-state index contributed by atoms with van der Waals surface area (Å²) in [5, 5.41) is 2.57. The summed E-state index contributed by atoms with van der Waals surface area (Å²) in [6, 6.07) is 0. The lowest BCUT2D eigenvalue weighted by Crippen LogP contribution is -2.44. The Kier molecular flexibility index (Phi) is 1.05. The molecule has 1 amide bonds. The van der Waals surface area contributed by atoms with Gasteiger partial charge in [0, 0.05) is 5.92 Å². The lowest BCUT2D eigenvalue weighted by atomic mass is 9.98. The number of rotatable bonds is 0. The van der Waals surface area contributed by atoms with E-state index in [4.69, 9.17) is 0 Å². The van der Waals surface area contributed by atoms with Crippen molar-refractivity contribution in [3.05, 3.63) is 0 Å². The van der Waals surface area contributed by atoms with Crippen molar-refractivity contribution in [2.45, 2.75) is 24.9 Å². The van der Waals surface area contributed by atoms with Crippen LogP contribution in [0.3, 0.4) is 0 Å². The Morgan fingerprint density at radius 3 is 3.20 bits per heavy atom. The zero-order valence-corrected chi connectivity index (χ0v) is 5.69. The molecule has 0 radical (unpaired) electrons. The zero-order chi connectivity index (χ0) is 7.19. The fourth-order valence-corrected chi connectivity index (χ4v) is 1.85. The Morgan fingerprint density at radius 2 is 2.50 bits per heavy atom. The molecule has 1 heterocycles. The predicted octanol–water partition coefficient (Wildman–Crippen LogP) is 0.625. The van der Waals surface area contributed by atoms with Crippen molar-refractivity contribution in [2.24, 2.45) is 5.92 Å². The summed E-state index contributed by atoms with van der Waals surface area (Å²) in [5.41, 5.74) is -1.06. The van der Waals surface area contributed by atoms with Gasteiger partial charge in [-0.15, -0.1) is 0 Å². The normalized spacial score (nSPS) is 45.3. The van der Waals surface area contributed by atoms with Gasteiger partial charge in [-0.25, -0.2) is 4.39 Å². The third-order valence-electron chi connectivity index (χ3n) is 2.50. The van der Waals surface area contributed by atoms with E-state index in [1.807, 2.05) is 0 Å². The molecule has 10 heavy (non-hydrogen) atoms. The molecule has 56 valence electrons. The van der Waals surface area contributed by atoms with Crippen LogP contribution in [0.25, 0.3) is 0 Å². The van der Waals surface area contributed by atoms with Gasteiger partial charge in [-0.05, 0) is 19.3 Å². The maximum atomic E-state index is 13.3. The number of carbonyl (C=O) groups is 1. The molecule has 1 aliphatic heterocycles. The van der Waals surface area contributed by atoms with E-state index in [1.165, 1.54) is 0 Å². The number of piperidine rings is 1. The van der Waals surface area contributed by atoms with Crippen molar-refractivity contribution in [3.63, 3.8) is 0 Å². The zero-order valence-electron chi connectivity index (χ0n) is 5.69. The maximum Gasteiger partial charge on any atom is 0.223 e. The average molecular weight is 143 g/mol. The van der Waals surface area contributed by atoms with E-state index >= 15 is 0 Å². The van der Waals surface area contributed by atoms with E-state index in [0.717, 1.165) is 6.42 Å². The number of hydrogen-bond donors (Lipinski definition) is 1. The fraction of sp³-hybridized carbons (Fsp3) is 0.857. The average Bonchev–Trinajstić information content (AvgIpc) is 2.23. The number of alkyl halides is 1. The van der Waals surface area contributed by atoms with Crippen LogP contribution in [0.4, 0.5) is 4.39 Å². The molecule has 0 aromatic carbocycles. The molecule has 2 nitrogen and oxygen atoms in total. The quantitative estimate of drug-likeness (QED) is 0.529. The molecule has 0 spiro atoms. The van der Waals surface area contributed by atoms with Gasteiger partial charge in [0.2, 0.25) is 5.91 Å². The number of halogens is 1. The Morgan fingerprint density at radius 1 is 1.70 bits per heavy atom. The van der Waals surface area contributed by atoms with Crippen LogP contribution in [0.15, 0.2) is 0 Å². The van der Waals surface area contributed by atoms with Gasteiger partial charge in [-0.1, -0.05) is 0 Å². The smallest absolute Gasteiger partial charge is 0.223 e. The highest BCUT2D eigenvalue weighted by Gasteiger charge is 2.46. The lowest BCUT2D eigenvalue weighted by molar-refractivity contribution is -0.127. The topological polar surface area (TPSA) is 29.1 Å². The van der Waals surface area contributed by atoms with Crippen molar-refractivity contribution < 1.29 is 9.18 Å². The highest BCUT2D eigenvalue weighted by molar-refractivity contribution is 5.80. The Balaban J connectivity index is 2.20. The van der Waals surface area contributed by atoms with E-state index in [0.29, 0.717) is 12.8 Å². The Labute approximate surface area is 58.8 Å². The van der Waals surface area contributed by atoms with Crippen molar-refractivity contribution in [1.29, 1.82) is 0 Å². The maximum absolute atomic E-state index is 13.3. The van der Waals surface area contributed by atoms with Crippen molar-refractivity contribution in [2.75, 3.05) is 6.54 Å². The molecule has 2 unspecified atom stereocenters. The molecule has 3 heteroatoms. The third-order valence-corrected chi connectivity index (χ3v) is 2.50. The Hall–Kier alpha value is -0.600. The van der Waals surface area contributed by atoms with Crippen LogP contribution in [0.5, 0.6) is 0 Å². The fourth-order valence-electron chi connectivity index (χ4n) is 1.85. The monoisotopic (exact) mass is 143 g/mol. The first-order chi connectivity index (χ1) is 4.70. The van der Waals surface area contributed by atoms with Crippen LogP contribution in [-0.2, 0) is 4.79 Å². The number of amides is 1. The molecule has 2 aliphatic rings. The van der Waals surface area contributed by atoms with Gasteiger partial charge in [-0.2, -0.15) is 0 Å². The summed E-state index contributed by atoms with van der Waals surface area (Å²) in [6.07, 6.45) is 1.76. The summed E-state index contributed by atoms with van der Waals surface area (Å²) in [4.78, 5) is 10.9. The second kappa shape index (κ2) is 1.71. The first kappa shape index (κ1) is 6.13. The summed E-state index contributed by atoms with van der Waals surface area (Å²) >= 11 is 0. The molecule has 2 rings (SSSR count). The second-order valence-electron chi connectivity index (χ2n) is 3.31. The van der Waals surface area contributed by atoms with Gasteiger partial charge in [0.15, 0.2) is 0 Å². The molecule has 0 aromatic rings. The van der Waals surface area contributed by atoms with E-state index < -0.39 is 5.67 Å². The second-order valence-corrected chi connectivity index (χ2v) is 3.31. The van der Waals surface area contributed by atoms with Gasteiger partial charge >= 0.3 is 0 Å². The van der Waals surface area contributed by atoms with Gasteiger partial charge in [-0.3, -0.25) is 4.79 Å². The van der Waals surface area contributed by atoms with Crippen LogP contribution < -0.4 is 5.32 Å². The van der Waals surface area contributed by atoms with Crippen LogP contribution in [-0.4, -0.2) is 18.1 Å². The Bertz CT molecular complexity index is 182.